The number of nitrogens with one attached hydrogen (secondary N) is 1. The van der Waals surface area contributed by atoms with Crippen LogP contribution < -0.4 is 5.32 Å². The lowest BCUT2D eigenvalue weighted by molar-refractivity contribution is 0.627. The summed E-state index contributed by atoms with van der Waals surface area (Å²) in [5, 5.41) is 3.08. The van der Waals surface area contributed by atoms with E-state index >= 15 is 0 Å². The molecule has 1 aromatic heterocycles. The predicted molar refractivity (Wildman–Crippen MR) is 63.9 cm³/mol. The van der Waals surface area contributed by atoms with Gasteiger partial charge in [0.25, 0.3) is 0 Å². The third-order valence-electron chi connectivity index (χ3n) is 2.57. The van der Waals surface area contributed by atoms with Crippen LogP contribution in [-0.2, 0) is 0 Å². The zero-order valence-corrected chi connectivity index (χ0v) is 9.29. The molecule has 0 aliphatic rings. The number of nitrogens with zero attached hydrogens (tertiary/aromatic N) is 1. The number of hydrogen-bond donors (Lipinski definition) is 1. The average Bonchev–Trinajstić information content (AvgIpc) is 2.29. The summed E-state index contributed by atoms with van der Waals surface area (Å²) in [7, 11) is 1.85. The Balaban J connectivity index is 2.58. The van der Waals surface area contributed by atoms with E-state index in [4.69, 9.17) is 0 Å². The van der Waals surface area contributed by atoms with Crippen LogP contribution in [0.2, 0.25) is 0 Å². The lowest BCUT2D eigenvalue weighted by Gasteiger charge is -2.10. The molecule has 0 aliphatic heterocycles. The second-order valence-corrected chi connectivity index (χ2v) is 3.63. The highest BCUT2D eigenvalue weighted by atomic mass is 19.1. The molecule has 16 heavy (non-hydrogen) atoms. The second kappa shape index (κ2) is 4.31. The van der Waals surface area contributed by atoms with Crippen LogP contribution in [0.15, 0.2) is 36.7 Å². The number of rotatable bonds is 2. The first kappa shape index (κ1) is 10.6. The monoisotopic (exact) mass is 216 g/mol. The molecule has 1 aromatic carbocycles. The molecule has 0 atom stereocenters. The molecular formula is C13H13FN2. The Hall–Kier alpha value is -1.90. The zero-order valence-electron chi connectivity index (χ0n) is 9.29. The number of hydrogen-bond acceptors (Lipinski definition) is 2. The van der Waals surface area contributed by atoms with Crippen molar-refractivity contribution in [2.45, 2.75) is 6.92 Å². The molecular weight excluding hydrogens is 203 g/mol. The van der Waals surface area contributed by atoms with E-state index in [0.717, 1.165) is 22.4 Å². The Morgan fingerprint density at radius 1 is 1.19 bits per heavy atom. The minimum absolute atomic E-state index is 0.207. The Morgan fingerprint density at radius 2 is 2.00 bits per heavy atom. The Kier molecular flexibility index (Phi) is 2.86. The first-order valence-electron chi connectivity index (χ1n) is 5.10. The highest BCUT2D eigenvalue weighted by molar-refractivity contribution is 5.78. The number of benzene rings is 1. The topological polar surface area (TPSA) is 24.9 Å². The van der Waals surface area contributed by atoms with E-state index in [2.05, 4.69) is 10.3 Å². The van der Waals surface area contributed by atoms with Crippen LogP contribution in [-0.4, -0.2) is 12.0 Å². The fourth-order valence-electron chi connectivity index (χ4n) is 1.76. The van der Waals surface area contributed by atoms with Crippen molar-refractivity contribution in [3.63, 3.8) is 0 Å². The van der Waals surface area contributed by atoms with Crippen LogP contribution in [0.3, 0.4) is 0 Å². The van der Waals surface area contributed by atoms with Crippen LogP contribution in [0.4, 0.5) is 10.1 Å². The fourth-order valence-corrected chi connectivity index (χ4v) is 1.76. The lowest BCUT2D eigenvalue weighted by atomic mass is 10.0. The quantitative estimate of drug-likeness (QED) is 0.833. The molecule has 0 amide bonds. The molecule has 0 aliphatic carbocycles. The molecule has 2 rings (SSSR count). The molecule has 82 valence electrons. The molecule has 1 N–H and O–H groups in total. The van der Waals surface area contributed by atoms with E-state index in [0.29, 0.717) is 0 Å². The first-order chi connectivity index (χ1) is 7.72. The van der Waals surface area contributed by atoms with Gasteiger partial charge < -0.3 is 5.32 Å². The van der Waals surface area contributed by atoms with Crippen LogP contribution in [0, 0.1) is 12.7 Å². The number of aromatic nitrogens is 1. The van der Waals surface area contributed by atoms with Crippen LogP contribution in [0.5, 0.6) is 0 Å². The average molecular weight is 216 g/mol. The minimum Gasteiger partial charge on any atom is -0.386 e. The zero-order chi connectivity index (χ0) is 11.5. The van der Waals surface area contributed by atoms with Crippen molar-refractivity contribution in [3.8, 4) is 11.1 Å². The molecule has 2 aromatic rings. The number of anilines is 1. The van der Waals surface area contributed by atoms with Crippen molar-refractivity contribution in [2.24, 2.45) is 0 Å². The molecule has 1 heterocycles. The lowest BCUT2D eigenvalue weighted by Crippen LogP contribution is -1.94. The molecule has 0 unspecified atom stereocenters. The summed E-state index contributed by atoms with van der Waals surface area (Å²) < 4.78 is 13.0. The van der Waals surface area contributed by atoms with Crippen molar-refractivity contribution in [2.75, 3.05) is 12.4 Å². The first-order valence-corrected chi connectivity index (χ1v) is 5.10. The summed E-state index contributed by atoms with van der Waals surface area (Å²) >= 11 is 0. The summed E-state index contributed by atoms with van der Waals surface area (Å²) in [4.78, 5) is 4.05. The Bertz CT molecular complexity index is 509. The van der Waals surface area contributed by atoms with Gasteiger partial charge >= 0.3 is 0 Å². The van der Waals surface area contributed by atoms with Gasteiger partial charge in [-0.1, -0.05) is 6.07 Å². The largest absolute Gasteiger partial charge is 0.386 e. The van der Waals surface area contributed by atoms with Gasteiger partial charge in [0.2, 0.25) is 0 Å². The van der Waals surface area contributed by atoms with Gasteiger partial charge in [-0.15, -0.1) is 0 Å². The van der Waals surface area contributed by atoms with Gasteiger partial charge in [0, 0.05) is 18.8 Å². The van der Waals surface area contributed by atoms with Gasteiger partial charge in [-0.25, -0.2) is 4.39 Å². The standard InChI is InChI=1S/C13H13FN2/c1-9-7-10(14)3-4-11(9)12-5-6-16-8-13(12)15-2/h3-8,15H,1-2H3. The molecule has 2 nitrogen and oxygen atoms in total. The van der Waals surface area contributed by atoms with Crippen molar-refractivity contribution in [1.82, 2.24) is 4.98 Å². The molecule has 0 radical (unpaired) electrons. The van der Waals surface area contributed by atoms with E-state index in [-0.39, 0.29) is 5.82 Å². The maximum absolute atomic E-state index is 13.0. The van der Waals surface area contributed by atoms with Crippen LogP contribution >= 0.6 is 0 Å². The molecule has 3 heteroatoms. The number of halogens is 1. The van der Waals surface area contributed by atoms with Gasteiger partial charge in [-0.3, -0.25) is 4.98 Å². The van der Waals surface area contributed by atoms with Crippen LogP contribution in [0.25, 0.3) is 11.1 Å². The number of pyridine rings is 1. The summed E-state index contributed by atoms with van der Waals surface area (Å²) in [6.45, 7) is 1.90. The molecule has 0 saturated heterocycles. The highest BCUT2D eigenvalue weighted by Crippen LogP contribution is 2.29. The summed E-state index contributed by atoms with van der Waals surface area (Å²) in [5.74, 6) is -0.207. The van der Waals surface area contributed by atoms with Gasteiger partial charge in [0.05, 0.1) is 11.9 Å². The summed E-state index contributed by atoms with van der Waals surface area (Å²) in [6, 6.07) is 6.73. The normalized spacial score (nSPS) is 10.2. The maximum Gasteiger partial charge on any atom is 0.123 e. The van der Waals surface area contributed by atoms with E-state index in [1.54, 1.807) is 18.5 Å². The minimum atomic E-state index is -0.207. The predicted octanol–water partition coefficient (Wildman–Crippen LogP) is 3.24. The fraction of sp³-hybridized carbons (Fsp3) is 0.154. The van der Waals surface area contributed by atoms with E-state index < -0.39 is 0 Å². The van der Waals surface area contributed by atoms with Crippen molar-refractivity contribution < 1.29 is 4.39 Å². The molecule has 0 bridgehead atoms. The second-order valence-electron chi connectivity index (χ2n) is 3.63. The SMILES string of the molecule is CNc1cnccc1-c1ccc(F)cc1C. The smallest absolute Gasteiger partial charge is 0.123 e. The molecule has 0 fully saturated rings. The van der Waals surface area contributed by atoms with E-state index in [1.807, 2.05) is 20.0 Å². The van der Waals surface area contributed by atoms with E-state index in [1.165, 1.54) is 12.1 Å². The molecule has 0 saturated carbocycles. The summed E-state index contributed by atoms with van der Waals surface area (Å²) in [6.07, 6.45) is 3.50. The Morgan fingerprint density at radius 3 is 2.69 bits per heavy atom. The van der Waals surface area contributed by atoms with Crippen molar-refractivity contribution in [3.05, 3.63) is 48.0 Å². The van der Waals surface area contributed by atoms with Gasteiger partial charge in [-0.2, -0.15) is 0 Å². The van der Waals surface area contributed by atoms with Gasteiger partial charge in [0.15, 0.2) is 0 Å². The van der Waals surface area contributed by atoms with Crippen molar-refractivity contribution in [1.29, 1.82) is 0 Å². The molecule has 0 spiro atoms. The van der Waals surface area contributed by atoms with Gasteiger partial charge in [-0.05, 0) is 36.2 Å². The Labute approximate surface area is 94.2 Å². The van der Waals surface area contributed by atoms with Crippen LogP contribution in [0.1, 0.15) is 5.56 Å². The highest BCUT2D eigenvalue weighted by Gasteiger charge is 2.07. The third kappa shape index (κ3) is 1.89. The number of aryl methyl sites for hydroxylation is 1. The van der Waals surface area contributed by atoms with Crippen molar-refractivity contribution >= 4 is 5.69 Å². The van der Waals surface area contributed by atoms with E-state index in [9.17, 15) is 4.39 Å². The maximum atomic E-state index is 13.0. The third-order valence-corrected chi connectivity index (χ3v) is 2.57. The summed E-state index contributed by atoms with van der Waals surface area (Å²) in [5.41, 5.74) is 3.92. The van der Waals surface area contributed by atoms with Gasteiger partial charge in [0.1, 0.15) is 5.82 Å².